The molecule has 4 rings (SSSR count). The number of ether oxygens (including phenoxy) is 1. The number of fused-ring (bicyclic) bond motifs is 1. The molecule has 136 valence electrons. The molecule has 2 aromatic rings. The van der Waals surface area contributed by atoms with Crippen molar-refractivity contribution >= 4 is 27.5 Å². The summed E-state index contributed by atoms with van der Waals surface area (Å²) in [6, 6.07) is 7.35. The van der Waals surface area contributed by atoms with E-state index < -0.39 is 11.6 Å². The van der Waals surface area contributed by atoms with Crippen LogP contribution in [-0.2, 0) is 11.2 Å². The Morgan fingerprint density at radius 1 is 1.15 bits per heavy atom. The second-order valence-corrected chi connectivity index (χ2v) is 7.78. The molecule has 1 saturated carbocycles. The first-order valence-corrected chi connectivity index (χ1v) is 9.52. The third-order valence-electron chi connectivity index (χ3n) is 4.98. The second kappa shape index (κ2) is 6.65. The minimum Gasteiger partial charge on any atom is -0.456 e. The number of benzene rings is 2. The third-order valence-corrected chi connectivity index (χ3v) is 5.60. The number of amides is 1. The summed E-state index contributed by atoms with van der Waals surface area (Å²) >= 11 is 3.48. The standard InChI is InChI=1S/C20H18BrF2NO2/c1-11-2-6-14-18(24(11)20(25)12-3-4-12)9-7-15(21)19(14)26-13-5-8-16(22)17(23)10-13/h5,7-12H,2-4,6H2,1H3/t11-/m0/s1. The molecule has 2 aliphatic rings. The highest BCUT2D eigenvalue weighted by Crippen LogP contribution is 2.45. The molecular weight excluding hydrogens is 404 g/mol. The van der Waals surface area contributed by atoms with Gasteiger partial charge in [-0.05, 0) is 72.8 Å². The lowest BCUT2D eigenvalue weighted by molar-refractivity contribution is -0.120. The van der Waals surface area contributed by atoms with Gasteiger partial charge >= 0.3 is 0 Å². The van der Waals surface area contributed by atoms with Crippen molar-refractivity contribution in [2.24, 2.45) is 5.92 Å². The average molecular weight is 422 g/mol. The minimum absolute atomic E-state index is 0.127. The van der Waals surface area contributed by atoms with Crippen LogP contribution >= 0.6 is 15.9 Å². The van der Waals surface area contributed by atoms with Crippen LogP contribution in [0.5, 0.6) is 11.5 Å². The molecule has 0 radical (unpaired) electrons. The normalized spacial score (nSPS) is 19.2. The highest BCUT2D eigenvalue weighted by Gasteiger charge is 2.39. The van der Waals surface area contributed by atoms with E-state index in [9.17, 15) is 13.6 Å². The number of nitrogens with zero attached hydrogens (tertiary/aromatic N) is 1. The molecular formula is C20H18BrF2NO2. The molecule has 3 nitrogen and oxygen atoms in total. The Morgan fingerprint density at radius 2 is 1.92 bits per heavy atom. The van der Waals surface area contributed by atoms with Crippen molar-refractivity contribution in [3.8, 4) is 11.5 Å². The predicted octanol–water partition coefficient (Wildman–Crippen LogP) is 5.60. The molecule has 0 bridgehead atoms. The van der Waals surface area contributed by atoms with E-state index in [1.165, 1.54) is 6.07 Å². The lowest BCUT2D eigenvalue weighted by atomic mass is 9.95. The highest BCUT2D eigenvalue weighted by molar-refractivity contribution is 9.10. The van der Waals surface area contributed by atoms with Gasteiger partial charge in [0, 0.05) is 23.6 Å². The Kier molecular flexibility index (Phi) is 4.47. The molecule has 0 unspecified atom stereocenters. The zero-order chi connectivity index (χ0) is 18.4. The van der Waals surface area contributed by atoms with Crippen LogP contribution in [0.25, 0.3) is 0 Å². The Labute approximate surface area is 159 Å². The van der Waals surface area contributed by atoms with Crippen LogP contribution in [0, 0.1) is 17.6 Å². The van der Waals surface area contributed by atoms with Crippen LogP contribution in [0.15, 0.2) is 34.8 Å². The summed E-state index contributed by atoms with van der Waals surface area (Å²) in [4.78, 5) is 14.6. The van der Waals surface area contributed by atoms with Gasteiger partial charge in [-0.15, -0.1) is 0 Å². The fraction of sp³-hybridized carbons (Fsp3) is 0.350. The number of halogens is 3. The lowest BCUT2D eigenvalue weighted by Gasteiger charge is -2.36. The number of anilines is 1. The zero-order valence-electron chi connectivity index (χ0n) is 14.3. The van der Waals surface area contributed by atoms with Gasteiger partial charge in [-0.25, -0.2) is 8.78 Å². The molecule has 0 aromatic heterocycles. The van der Waals surface area contributed by atoms with Crippen LogP contribution in [0.1, 0.15) is 31.7 Å². The number of carbonyl (C=O) groups excluding carboxylic acids is 1. The maximum Gasteiger partial charge on any atom is 0.230 e. The zero-order valence-corrected chi connectivity index (χ0v) is 15.9. The average Bonchev–Trinajstić information content (AvgIpc) is 3.45. The van der Waals surface area contributed by atoms with E-state index in [1.54, 1.807) is 0 Å². The van der Waals surface area contributed by atoms with E-state index in [1.807, 2.05) is 17.0 Å². The summed E-state index contributed by atoms with van der Waals surface area (Å²) < 4.78 is 33.3. The van der Waals surface area contributed by atoms with Crippen molar-refractivity contribution in [2.45, 2.75) is 38.6 Å². The molecule has 1 amide bonds. The Morgan fingerprint density at radius 3 is 2.62 bits per heavy atom. The van der Waals surface area contributed by atoms with E-state index in [0.29, 0.717) is 10.2 Å². The Hall–Kier alpha value is -1.95. The van der Waals surface area contributed by atoms with Gasteiger partial charge in [-0.2, -0.15) is 0 Å². The van der Waals surface area contributed by atoms with Crippen molar-refractivity contribution in [3.05, 3.63) is 52.0 Å². The van der Waals surface area contributed by atoms with Gasteiger partial charge in [-0.3, -0.25) is 4.79 Å². The first-order valence-electron chi connectivity index (χ1n) is 8.73. The fourth-order valence-corrected chi connectivity index (χ4v) is 3.86. The van der Waals surface area contributed by atoms with E-state index in [0.717, 1.165) is 49.1 Å². The molecule has 0 saturated heterocycles. The molecule has 2 aromatic carbocycles. The van der Waals surface area contributed by atoms with Crippen LogP contribution in [-0.4, -0.2) is 11.9 Å². The molecule has 1 aliphatic carbocycles. The lowest BCUT2D eigenvalue weighted by Crippen LogP contribution is -2.43. The van der Waals surface area contributed by atoms with Crippen molar-refractivity contribution in [3.63, 3.8) is 0 Å². The van der Waals surface area contributed by atoms with Gasteiger partial charge < -0.3 is 9.64 Å². The molecule has 1 aliphatic heterocycles. The molecule has 0 N–H and O–H groups in total. The summed E-state index contributed by atoms with van der Waals surface area (Å²) in [6.45, 7) is 2.06. The maximum absolute atomic E-state index is 13.5. The molecule has 1 atom stereocenters. The monoisotopic (exact) mass is 421 g/mol. The maximum atomic E-state index is 13.5. The predicted molar refractivity (Wildman–Crippen MR) is 98.6 cm³/mol. The van der Waals surface area contributed by atoms with Gasteiger partial charge in [0.05, 0.1) is 10.2 Å². The summed E-state index contributed by atoms with van der Waals surface area (Å²) in [6.07, 6.45) is 3.48. The summed E-state index contributed by atoms with van der Waals surface area (Å²) in [5.74, 6) is -0.808. The Bertz CT molecular complexity index is 882. The number of carbonyl (C=O) groups is 1. The van der Waals surface area contributed by atoms with Crippen molar-refractivity contribution in [2.75, 3.05) is 4.90 Å². The van der Waals surface area contributed by atoms with Gasteiger partial charge in [0.1, 0.15) is 11.5 Å². The summed E-state index contributed by atoms with van der Waals surface area (Å²) in [5.41, 5.74) is 1.76. The Balaban J connectivity index is 1.74. The number of hydrogen-bond donors (Lipinski definition) is 0. The highest BCUT2D eigenvalue weighted by atomic mass is 79.9. The van der Waals surface area contributed by atoms with Crippen molar-refractivity contribution in [1.82, 2.24) is 0 Å². The molecule has 26 heavy (non-hydrogen) atoms. The summed E-state index contributed by atoms with van der Waals surface area (Å²) in [5, 5.41) is 0. The van der Waals surface area contributed by atoms with E-state index in [2.05, 4.69) is 22.9 Å². The van der Waals surface area contributed by atoms with Gasteiger partial charge in [0.2, 0.25) is 5.91 Å². The fourth-order valence-electron chi connectivity index (χ4n) is 3.41. The quantitative estimate of drug-likeness (QED) is 0.645. The van der Waals surface area contributed by atoms with E-state index in [-0.39, 0.29) is 23.6 Å². The van der Waals surface area contributed by atoms with Crippen molar-refractivity contribution < 1.29 is 18.3 Å². The second-order valence-electron chi connectivity index (χ2n) is 6.92. The van der Waals surface area contributed by atoms with E-state index >= 15 is 0 Å². The third kappa shape index (κ3) is 3.11. The van der Waals surface area contributed by atoms with Gasteiger partial charge in [0.15, 0.2) is 11.6 Å². The van der Waals surface area contributed by atoms with Gasteiger partial charge in [-0.1, -0.05) is 0 Å². The van der Waals surface area contributed by atoms with Gasteiger partial charge in [0.25, 0.3) is 0 Å². The minimum atomic E-state index is -0.956. The SMILES string of the molecule is C[C@H]1CCc2c(ccc(Br)c2Oc2ccc(F)c(F)c2)N1C(=O)C1CC1. The molecule has 1 heterocycles. The largest absolute Gasteiger partial charge is 0.456 e. The molecule has 6 heteroatoms. The van der Waals surface area contributed by atoms with Crippen LogP contribution in [0.3, 0.4) is 0 Å². The first kappa shape index (κ1) is 17.5. The van der Waals surface area contributed by atoms with Crippen LogP contribution in [0.2, 0.25) is 0 Å². The smallest absolute Gasteiger partial charge is 0.230 e. The number of rotatable bonds is 3. The molecule has 1 fully saturated rings. The van der Waals surface area contributed by atoms with Crippen LogP contribution < -0.4 is 9.64 Å². The van der Waals surface area contributed by atoms with Crippen LogP contribution in [0.4, 0.5) is 14.5 Å². The van der Waals surface area contributed by atoms with Crippen molar-refractivity contribution in [1.29, 1.82) is 0 Å². The number of hydrogen-bond acceptors (Lipinski definition) is 2. The first-order chi connectivity index (χ1) is 12.5. The molecule has 0 spiro atoms. The summed E-state index contributed by atoms with van der Waals surface area (Å²) in [7, 11) is 0. The van der Waals surface area contributed by atoms with E-state index in [4.69, 9.17) is 4.74 Å². The topological polar surface area (TPSA) is 29.5 Å².